The van der Waals surface area contributed by atoms with E-state index in [4.69, 9.17) is 19.1 Å². The summed E-state index contributed by atoms with van der Waals surface area (Å²) >= 11 is 0. The molecule has 0 saturated carbocycles. The Bertz CT molecular complexity index is 878. The first-order chi connectivity index (χ1) is 15.2. The van der Waals surface area contributed by atoms with E-state index in [1.54, 1.807) is 0 Å². The van der Waals surface area contributed by atoms with E-state index in [0.29, 0.717) is 13.1 Å². The number of benzene rings is 2. The minimum absolute atomic E-state index is 0.0148. The number of nitrogens with zero attached hydrogens (tertiary/aromatic N) is 3. The summed E-state index contributed by atoms with van der Waals surface area (Å²) in [7, 11) is 2.22. The molecule has 2 aromatic rings. The molecule has 4 fully saturated rings. The molecule has 0 amide bonds. The summed E-state index contributed by atoms with van der Waals surface area (Å²) in [5.41, 5.74) is 2.15. The standard InChI is InChI=1S/C23H29N4O4/c1-25-13-12-24-21(26-14-15-27-22(16-26,28-17-30-27)29-18-31-27)23(25,19-8-4-2-5-9-19)20-10-6-3-7-11-20/h2-11,21,24H,12-18H2,1H3/q+1. The van der Waals surface area contributed by atoms with Gasteiger partial charge < -0.3 is 0 Å². The molecular weight excluding hydrogens is 396 g/mol. The van der Waals surface area contributed by atoms with Crippen LogP contribution in [0.5, 0.6) is 0 Å². The minimum Gasteiger partial charge on any atom is -0.298 e. The Morgan fingerprint density at radius 3 is 2.13 bits per heavy atom. The summed E-state index contributed by atoms with van der Waals surface area (Å²) in [5.74, 6) is -0.935. The van der Waals surface area contributed by atoms with Crippen molar-refractivity contribution in [1.82, 2.24) is 15.1 Å². The molecule has 1 atom stereocenters. The van der Waals surface area contributed by atoms with E-state index in [2.05, 4.69) is 82.8 Å². The quantitative estimate of drug-likeness (QED) is 0.747. The fraction of sp³-hybridized carbons (Fsp3) is 0.478. The summed E-state index contributed by atoms with van der Waals surface area (Å²) < 4.78 is 12.0. The molecule has 0 bridgehead atoms. The summed E-state index contributed by atoms with van der Waals surface area (Å²) in [5, 5.41) is 3.85. The Morgan fingerprint density at radius 2 is 1.52 bits per heavy atom. The van der Waals surface area contributed by atoms with Crippen LogP contribution in [0.3, 0.4) is 0 Å². The van der Waals surface area contributed by atoms with Gasteiger partial charge in [0, 0.05) is 17.9 Å². The minimum atomic E-state index is -0.935. The first-order valence-electron chi connectivity index (χ1n) is 11.0. The van der Waals surface area contributed by atoms with Crippen LogP contribution in [0.2, 0.25) is 0 Å². The van der Waals surface area contributed by atoms with Gasteiger partial charge >= 0.3 is 5.91 Å². The molecule has 4 aliphatic heterocycles. The van der Waals surface area contributed by atoms with Crippen molar-refractivity contribution < 1.29 is 24.0 Å². The summed E-state index contributed by atoms with van der Waals surface area (Å²) in [6, 6.07) is 21.6. The molecule has 1 unspecified atom stereocenters. The molecule has 6 rings (SSSR count). The van der Waals surface area contributed by atoms with Crippen LogP contribution in [0.1, 0.15) is 11.1 Å². The lowest BCUT2D eigenvalue weighted by Crippen LogP contribution is -2.76. The lowest BCUT2D eigenvalue weighted by atomic mass is 9.76. The van der Waals surface area contributed by atoms with Crippen molar-refractivity contribution in [3.05, 3.63) is 71.8 Å². The fourth-order valence-electron chi connectivity index (χ4n) is 5.80. The first kappa shape index (κ1) is 19.8. The Balaban J connectivity index is 1.47. The maximum atomic E-state index is 6.01. The number of nitrogens with one attached hydrogen (secondary N) is 1. The van der Waals surface area contributed by atoms with Crippen molar-refractivity contribution in [2.75, 3.05) is 53.4 Å². The summed E-state index contributed by atoms with van der Waals surface area (Å²) in [6.07, 6.45) is 0.0148. The average molecular weight is 426 g/mol. The number of hydroxylamine groups is 4. The van der Waals surface area contributed by atoms with Gasteiger partial charge in [0.05, 0.1) is 12.7 Å². The Hall–Kier alpha value is -1.88. The highest BCUT2D eigenvalue weighted by atomic mass is 17.2. The smallest absolute Gasteiger partial charge is 0.298 e. The zero-order valence-electron chi connectivity index (χ0n) is 17.8. The average Bonchev–Trinajstić information content (AvgIpc) is 3.36. The van der Waals surface area contributed by atoms with Crippen molar-refractivity contribution >= 4 is 0 Å². The molecule has 2 aromatic carbocycles. The maximum absolute atomic E-state index is 6.01. The van der Waals surface area contributed by atoms with E-state index >= 15 is 0 Å². The van der Waals surface area contributed by atoms with Crippen LogP contribution in [0, 0.1) is 0 Å². The van der Waals surface area contributed by atoms with Crippen LogP contribution >= 0.6 is 0 Å². The van der Waals surface area contributed by atoms with Gasteiger partial charge in [0.1, 0.15) is 12.1 Å². The van der Waals surface area contributed by atoms with E-state index in [1.165, 1.54) is 11.1 Å². The topological polar surface area (TPSA) is 55.4 Å². The number of ether oxygens (including phenoxy) is 2. The van der Waals surface area contributed by atoms with Crippen LogP contribution in [0.25, 0.3) is 0 Å². The van der Waals surface area contributed by atoms with Crippen LogP contribution in [-0.4, -0.2) is 80.0 Å². The first-order valence-corrected chi connectivity index (χ1v) is 11.0. The Morgan fingerprint density at radius 1 is 0.903 bits per heavy atom. The van der Waals surface area contributed by atoms with Gasteiger partial charge in [-0.1, -0.05) is 60.7 Å². The molecular formula is C23H29N4O4+. The SMILES string of the molecule is CN1CCNC(N2CC[N+]34OCOC3(C2)OCO4)C1(c1ccccc1)c1ccccc1. The van der Waals surface area contributed by atoms with E-state index in [-0.39, 0.29) is 30.1 Å². The second kappa shape index (κ2) is 7.33. The predicted octanol–water partition coefficient (Wildman–Crippen LogP) is 1.42. The van der Waals surface area contributed by atoms with E-state index in [1.807, 2.05) is 0 Å². The molecule has 0 aliphatic carbocycles. The second-order valence-corrected chi connectivity index (χ2v) is 8.64. The molecule has 4 aliphatic rings. The third kappa shape index (κ3) is 2.71. The van der Waals surface area contributed by atoms with Gasteiger partial charge in [0.15, 0.2) is 6.54 Å². The Labute approximate surface area is 182 Å². The molecule has 8 heteroatoms. The van der Waals surface area contributed by atoms with Crippen LogP contribution < -0.4 is 5.32 Å². The molecule has 0 radical (unpaired) electrons. The number of hydrogen-bond donors (Lipinski definition) is 1. The predicted molar refractivity (Wildman–Crippen MR) is 112 cm³/mol. The molecule has 164 valence electrons. The lowest BCUT2D eigenvalue weighted by molar-refractivity contribution is -1.26. The van der Waals surface area contributed by atoms with Gasteiger partial charge in [0.2, 0.25) is 13.6 Å². The molecule has 1 N–H and O–H groups in total. The molecule has 4 heterocycles. The molecule has 8 nitrogen and oxygen atoms in total. The number of likely N-dealkylation sites (N-methyl/N-ethyl adjacent to an activating group) is 1. The Kier molecular flexibility index (Phi) is 4.68. The largest absolute Gasteiger partial charge is 0.399 e. The molecule has 4 saturated heterocycles. The van der Waals surface area contributed by atoms with Gasteiger partial charge in [-0.3, -0.25) is 24.6 Å². The highest BCUT2D eigenvalue weighted by Gasteiger charge is 2.72. The van der Waals surface area contributed by atoms with Crippen molar-refractivity contribution in [2.24, 2.45) is 0 Å². The van der Waals surface area contributed by atoms with E-state index < -0.39 is 5.91 Å². The number of rotatable bonds is 3. The highest BCUT2D eigenvalue weighted by Crippen LogP contribution is 2.47. The molecule has 0 spiro atoms. The number of quaternary nitrogens is 1. The van der Waals surface area contributed by atoms with Gasteiger partial charge in [0.25, 0.3) is 0 Å². The van der Waals surface area contributed by atoms with Gasteiger partial charge in [-0.2, -0.15) is 0 Å². The number of hydrogen-bond acceptors (Lipinski definition) is 7. The van der Waals surface area contributed by atoms with Crippen molar-refractivity contribution in [3.8, 4) is 0 Å². The second-order valence-electron chi connectivity index (χ2n) is 8.64. The zero-order valence-corrected chi connectivity index (χ0v) is 17.8. The monoisotopic (exact) mass is 425 g/mol. The number of piperazine rings is 2. The van der Waals surface area contributed by atoms with E-state index in [0.717, 1.165) is 19.6 Å². The third-order valence-corrected chi connectivity index (χ3v) is 7.27. The van der Waals surface area contributed by atoms with E-state index in [9.17, 15) is 0 Å². The van der Waals surface area contributed by atoms with Crippen molar-refractivity contribution in [2.45, 2.75) is 17.6 Å². The molecule has 31 heavy (non-hydrogen) atoms. The van der Waals surface area contributed by atoms with Crippen LogP contribution in [0.4, 0.5) is 0 Å². The van der Waals surface area contributed by atoms with Gasteiger partial charge in [-0.15, -0.1) is 9.68 Å². The van der Waals surface area contributed by atoms with Crippen molar-refractivity contribution in [3.63, 3.8) is 0 Å². The normalized spacial score (nSPS) is 35.6. The summed E-state index contributed by atoms with van der Waals surface area (Å²) in [4.78, 5) is 16.6. The zero-order chi connectivity index (χ0) is 20.9. The van der Waals surface area contributed by atoms with Crippen LogP contribution in [0.15, 0.2) is 60.7 Å². The summed E-state index contributed by atoms with van der Waals surface area (Å²) in [6.45, 7) is 4.19. The van der Waals surface area contributed by atoms with Crippen molar-refractivity contribution in [1.29, 1.82) is 0 Å². The highest BCUT2D eigenvalue weighted by molar-refractivity contribution is 5.41. The lowest BCUT2D eigenvalue weighted by Gasteiger charge is -2.56. The third-order valence-electron chi connectivity index (χ3n) is 7.27. The molecule has 0 aromatic heterocycles. The van der Waals surface area contributed by atoms with Crippen LogP contribution in [-0.2, 0) is 24.7 Å². The maximum Gasteiger partial charge on any atom is 0.399 e. The fourth-order valence-corrected chi connectivity index (χ4v) is 5.80. The van der Waals surface area contributed by atoms with Gasteiger partial charge in [-0.25, -0.2) is 0 Å². The van der Waals surface area contributed by atoms with Gasteiger partial charge in [-0.05, 0) is 18.2 Å².